The van der Waals surface area contributed by atoms with Gasteiger partial charge in [-0.2, -0.15) is 0 Å². The minimum Gasteiger partial charge on any atom is -0.382 e. The van der Waals surface area contributed by atoms with Crippen LogP contribution in [0.2, 0.25) is 0 Å². The van der Waals surface area contributed by atoms with Crippen molar-refractivity contribution < 1.29 is 9.53 Å². The van der Waals surface area contributed by atoms with E-state index in [1.54, 1.807) is 7.11 Å². The van der Waals surface area contributed by atoms with Crippen LogP contribution in [-0.2, 0) is 9.53 Å². The largest absolute Gasteiger partial charge is 0.382 e. The number of methoxy groups -OCH3 is 1. The lowest BCUT2D eigenvalue weighted by atomic mass is 9.91. The van der Waals surface area contributed by atoms with Gasteiger partial charge in [0.1, 0.15) is 0 Å². The highest BCUT2D eigenvalue weighted by molar-refractivity contribution is 5.85. The van der Waals surface area contributed by atoms with E-state index in [-0.39, 0.29) is 17.9 Å². The summed E-state index contributed by atoms with van der Waals surface area (Å²) in [7, 11) is 3.70. The Morgan fingerprint density at radius 1 is 1.32 bits per heavy atom. The normalized spacial score (nSPS) is 29.5. The number of nitrogens with zero attached hydrogens (tertiary/aromatic N) is 1. The van der Waals surface area contributed by atoms with Gasteiger partial charge in [0.2, 0.25) is 5.91 Å². The molecule has 1 spiro atoms. The molecular weight excluding hydrogens is 264 g/mol. The third-order valence-electron chi connectivity index (χ3n) is 5.37. The van der Waals surface area contributed by atoms with Crippen molar-refractivity contribution in [3.05, 3.63) is 0 Å². The molecule has 0 bridgehead atoms. The van der Waals surface area contributed by atoms with E-state index in [9.17, 15) is 4.79 Å². The molecule has 0 radical (unpaired) electrons. The molecule has 3 rings (SSSR count). The Balaban J connectivity index is 0.00000133. The van der Waals surface area contributed by atoms with Crippen LogP contribution in [0.4, 0.5) is 0 Å². The molecule has 3 fully saturated rings. The summed E-state index contributed by atoms with van der Waals surface area (Å²) in [5.41, 5.74) is 0.377. The maximum atomic E-state index is 12.6. The molecule has 19 heavy (non-hydrogen) atoms. The Bertz CT molecular complexity index is 351. The number of nitrogens with one attached hydrogen (secondary N) is 1. The fraction of sp³-hybridized carbons (Fsp3) is 0.929. The predicted molar refractivity (Wildman–Crippen MR) is 76.5 cm³/mol. The van der Waals surface area contributed by atoms with Crippen LogP contribution >= 0.6 is 12.4 Å². The number of hydrogen-bond acceptors (Lipinski definition) is 3. The summed E-state index contributed by atoms with van der Waals surface area (Å²) >= 11 is 0. The second kappa shape index (κ2) is 5.23. The third kappa shape index (κ3) is 2.50. The van der Waals surface area contributed by atoms with Gasteiger partial charge in [0.25, 0.3) is 0 Å². The monoisotopic (exact) mass is 288 g/mol. The molecule has 1 heterocycles. The summed E-state index contributed by atoms with van der Waals surface area (Å²) in [4.78, 5) is 14.6. The molecule has 0 aromatic carbocycles. The number of hydrogen-bond donors (Lipinski definition) is 1. The molecule has 1 amide bonds. The summed E-state index contributed by atoms with van der Waals surface area (Å²) < 4.78 is 5.27. The fourth-order valence-corrected chi connectivity index (χ4v) is 3.63. The zero-order valence-corrected chi connectivity index (χ0v) is 12.7. The van der Waals surface area contributed by atoms with Gasteiger partial charge in [-0.3, -0.25) is 4.79 Å². The first-order chi connectivity index (χ1) is 8.64. The Labute approximate surface area is 121 Å². The zero-order chi connectivity index (χ0) is 12.8. The highest BCUT2D eigenvalue weighted by Gasteiger charge is 2.61. The van der Waals surface area contributed by atoms with Crippen molar-refractivity contribution in [2.75, 3.05) is 33.9 Å². The van der Waals surface area contributed by atoms with Crippen LogP contribution in [0.15, 0.2) is 0 Å². The topological polar surface area (TPSA) is 41.6 Å². The van der Waals surface area contributed by atoms with E-state index in [0.29, 0.717) is 23.8 Å². The molecule has 1 N–H and O–H groups in total. The molecule has 110 valence electrons. The predicted octanol–water partition coefficient (Wildman–Crippen LogP) is 1.44. The molecule has 5 heteroatoms. The molecule has 2 aliphatic carbocycles. The van der Waals surface area contributed by atoms with Gasteiger partial charge in [0, 0.05) is 20.1 Å². The quantitative estimate of drug-likeness (QED) is 0.851. The van der Waals surface area contributed by atoms with Gasteiger partial charge in [-0.15, -0.1) is 12.4 Å². The van der Waals surface area contributed by atoms with Crippen molar-refractivity contribution in [1.29, 1.82) is 0 Å². The molecule has 3 aliphatic rings. The van der Waals surface area contributed by atoms with E-state index in [1.165, 1.54) is 12.8 Å². The van der Waals surface area contributed by atoms with E-state index in [1.807, 2.05) is 11.9 Å². The zero-order valence-electron chi connectivity index (χ0n) is 11.9. The molecule has 1 aliphatic heterocycles. The van der Waals surface area contributed by atoms with Gasteiger partial charge in [-0.25, -0.2) is 0 Å². The van der Waals surface area contributed by atoms with Crippen LogP contribution in [0.3, 0.4) is 0 Å². The van der Waals surface area contributed by atoms with Crippen molar-refractivity contribution in [3.63, 3.8) is 0 Å². The Kier molecular flexibility index (Phi) is 4.15. The first kappa shape index (κ1) is 15.1. The first-order valence-electron chi connectivity index (χ1n) is 7.11. The van der Waals surface area contributed by atoms with Crippen LogP contribution in [0.1, 0.15) is 32.1 Å². The van der Waals surface area contributed by atoms with Crippen molar-refractivity contribution >= 4 is 18.3 Å². The average molecular weight is 289 g/mol. The van der Waals surface area contributed by atoms with Gasteiger partial charge in [0.05, 0.1) is 12.1 Å². The number of carbonyl (C=O) groups is 1. The standard InChI is InChI=1S/C14H24N2O2.ClH/c1-16(14(3-4-14)10-18-2)12(17)11-9-13(11)5-7-15-8-6-13;/h11,15H,3-10H2,1-2H3;1H. The van der Waals surface area contributed by atoms with Crippen LogP contribution in [0.25, 0.3) is 0 Å². The minimum atomic E-state index is 0. The molecule has 1 unspecified atom stereocenters. The van der Waals surface area contributed by atoms with Gasteiger partial charge in [-0.05, 0) is 50.6 Å². The van der Waals surface area contributed by atoms with Crippen molar-refractivity contribution in [2.24, 2.45) is 11.3 Å². The number of halogens is 1. The molecule has 1 saturated heterocycles. The minimum absolute atomic E-state index is 0. The number of likely N-dealkylation sites (N-methyl/N-ethyl adjacent to an activating group) is 1. The fourth-order valence-electron chi connectivity index (χ4n) is 3.63. The molecule has 0 aromatic heterocycles. The number of ether oxygens (including phenoxy) is 1. The van der Waals surface area contributed by atoms with Crippen molar-refractivity contribution in [1.82, 2.24) is 10.2 Å². The summed E-state index contributed by atoms with van der Waals surface area (Å²) in [6.07, 6.45) is 5.67. The Morgan fingerprint density at radius 2 is 1.95 bits per heavy atom. The molecule has 4 nitrogen and oxygen atoms in total. The number of amides is 1. The van der Waals surface area contributed by atoms with E-state index < -0.39 is 0 Å². The molecule has 2 saturated carbocycles. The lowest BCUT2D eigenvalue weighted by molar-refractivity contribution is -0.136. The number of piperidine rings is 1. The van der Waals surface area contributed by atoms with E-state index >= 15 is 0 Å². The highest BCUT2D eigenvalue weighted by atomic mass is 35.5. The number of rotatable bonds is 4. The maximum absolute atomic E-state index is 12.6. The van der Waals surface area contributed by atoms with Gasteiger partial charge < -0.3 is 15.0 Å². The van der Waals surface area contributed by atoms with E-state index in [2.05, 4.69) is 5.32 Å². The van der Waals surface area contributed by atoms with Crippen molar-refractivity contribution in [3.8, 4) is 0 Å². The smallest absolute Gasteiger partial charge is 0.226 e. The van der Waals surface area contributed by atoms with Crippen LogP contribution in [0, 0.1) is 11.3 Å². The van der Waals surface area contributed by atoms with Gasteiger partial charge >= 0.3 is 0 Å². The van der Waals surface area contributed by atoms with Crippen LogP contribution in [-0.4, -0.2) is 50.2 Å². The lowest BCUT2D eigenvalue weighted by Crippen LogP contribution is -2.44. The third-order valence-corrected chi connectivity index (χ3v) is 5.37. The molecule has 1 atom stereocenters. The SMILES string of the molecule is COCC1(N(C)C(=O)C2CC23CCNCC3)CC1.Cl. The lowest BCUT2D eigenvalue weighted by Gasteiger charge is -2.30. The second-order valence-corrected chi connectivity index (χ2v) is 6.42. The maximum Gasteiger partial charge on any atom is 0.226 e. The molecule has 0 aromatic rings. The van der Waals surface area contributed by atoms with E-state index in [4.69, 9.17) is 4.74 Å². The second-order valence-electron chi connectivity index (χ2n) is 6.42. The first-order valence-corrected chi connectivity index (χ1v) is 7.11. The van der Waals surface area contributed by atoms with Gasteiger partial charge in [0.15, 0.2) is 0 Å². The summed E-state index contributed by atoms with van der Waals surface area (Å²) in [6, 6.07) is 0. The Morgan fingerprint density at radius 3 is 2.47 bits per heavy atom. The average Bonchev–Trinajstić information content (AvgIpc) is 3.28. The highest BCUT2D eigenvalue weighted by Crippen LogP contribution is 2.60. The van der Waals surface area contributed by atoms with Gasteiger partial charge in [-0.1, -0.05) is 0 Å². The Hall–Kier alpha value is -0.320. The molecular formula is C14H25ClN2O2. The van der Waals surface area contributed by atoms with Crippen LogP contribution in [0.5, 0.6) is 0 Å². The number of carbonyl (C=O) groups excluding carboxylic acids is 1. The summed E-state index contributed by atoms with van der Waals surface area (Å²) in [5.74, 6) is 0.658. The van der Waals surface area contributed by atoms with Crippen molar-refractivity contribution in [2.45, 2.75) is 37.6 Å². The van der Waals surface area contributed by atoms with Crippen LogP contribution < -0.4 is 5.32 Å². The summed E-state index contributed by atoms with van der Waals surface area (Å²) in [5, 5.41) is 3.39. The van der Waals surface area contributed by atoms with E-state index in [0.717, 1.165) is 32.4 Å². The summed E-state index contributed by atoms with van der Waals surface area (Å²) in [6.45, 7) is 2.85.